The molecule has 1 aromatic carbocycles. The Bertz CT molecular complexity index is 373. The van der Waals surface area contributed by atoms with E-state index in [0.717, 1.165) is 19.4 Å². The molecule has 1 rings (SSSR count). The Kier molecular flexibility index (Phi) is 5.86. The van der Waals surface area contributed by atoms with Crippen molar-refractivity contribution in [3.05, 3.63) is 35.4 Å². The molecule has 0 heterocycles. The zero-order valence-electron chi connectivity index (χ0n) is 11.5. The number of benzene rings is 1. The molecular weight excluding hydrogens is 226 g/mol. The number of likely N-dealkylation sites (N-methyl/N-ethyl adjacent to an activating group) is 1. The molecule has 1 N–H and O–H groups in total. The molecule has 1 atom stereocenters. The third kappa shape index (κ3) is 4.15. The van der Waals surface area contributed by atoms with Crippen molar-refractivity contribution in [3.63, 3.8) is 0 Å². The molecule has 0 fully saturated rings. The number of hydrogen-bond acceptors (Lipinski definition) is 2. The van der Waals surface area contributed by atoms with Crippen LogP contribution in [0, 0.1) is 0 Å². The van der Waals surface area contributed by atoms with Crippen LogP contribution in [0.4, 0.5) is 0 Å². The summed E-state index contributed by atoms with van der Waals surface area (Å²) in [6.45, 7) is 7.05. The maximum Gasteiger partial charge on any atom is 0.317 e. The molecule has 0 saturated carbocycles. The maximum absolute atomic E-state index is 10.8. The first-order chi connectivity index (χ1) is 8.58. The van der Waals surface area contributed by atoms with Crippen LogP contribution >= 0.6 is 0 Å². The Morgan fingerprint density at radius 3 is 2.33 bits per heavy atom. The van der Waals surface area contributed by atoms with Crippen LogP contribution in [-0.4, -0.2) is 29.1 Å². The van der Waals surface area contributed by atoms with Crippen LogP contribution in [0.1, 0.15) is 44.4 Å². The second-order valence-corrected chi connectivity index (χ2v) is 4.62. The summed E-state index contributed by atoms with van der Waals surface area (Å²) in [6.07, 6.45) is 2.25. The molecule has 0 bridgehead atoms. The molecule has 0 aliphatic carbocycles. The van der Waals surface area contributed by atoms with E-state index in [0.29, 0.717) is 0 Å². The average molecular weight is 249 g/mol. The number of hydrogen-bond donors (Lipinski definition) is 1. The van der Waals surface area contributed by atoms with Crippen LogP contribution < -0.4 is 0 Å². The molecule has 0 aliphatic rings. The minimum Gasteiger partial charge on any atom is -0.480 e. The van der Waals surface area contributed by atoms with Gasteiger partial charge in [-0.05, 0) is 31.0 Å². The fraction of sp³-hybridized carbons (Fsp3) is 0.533. The lowest BCUT2D eigenvalue weighted by Gasteiger charge is -2.26. The monoisotopic (exact) mass is 249 g/mol. The van der Waals surface area contributed by atoms with Crippen LogP contribution in [0.25, 0.3) is 0 Å². The fourth-order valence-corrected chi connectivity index (χ4v) is 2.16. The minimum atomic E-state index is -0.772. The zero-order chi connectivity index (χ0) is 13.5. The zero-order valence-corrected chi connectivity index (χ0v) is 11.5. The third-order valence-corrected chi connectivity index (χ3v) is 3.29. The molecule has 3 heteroatoms. The van der Waals surface area contributed by atoms with Gasteiger partial charge in [-0.15, -0.1) is 0 Å². The number of rotatable bonds is 7. The van der Waals surface area contributed by atoms with Crippen molar-refractivity contribution in [2.75, 3.05) is 13.1 Å². The lowest BCUT2D eigenvalue weighted by atomic mass is 10.0. The van der Waals surface area contributed by atoms with E-state index in [-0.39, 0.29) is 12.6 Å². The highest BCUT2D eigenvalue weighted by atomic mass is 16.4. The standard InChI is InChI=1S/C15H23NO2/c1-4-6-13-7-9-14(10-8-13)12(3)16(5-2)11-15(17)18/h7-10,12H,4-6,11H2,1-3H3,(H,17,18). The molecule has 0 aromatic heterocycles. The molecular formula is C15H23NO2. The van der Waals surface area contributed by atoms with Crippen molar-refractivity contribution in [2.45, 2.75) is 39.7 Å². The molecule has 1 unspecified atom stereocenters. The van der Waals surface area contributed by atoms with Gasteiger partial charge in [0, 0.05) is 6.04 Å². The number of carbonyl (C=O) groups is 1. The molecule has 1 aromatic rings. The largest absolute Gasteiger partial charge is 0.480 e. The summed E-state index contributed by atoms with van der Waals surface area (Å²) in [5.74, 6) is -0.772. The molecule has 0 saturated heterocycles. The van der Waals surface area contributed by atoms with Gasteiger partial charge in [-0.25, -0.2) is 0 Å². The smallest absolute Gasteiger partial charge is 0.317 e. The van der Waals surface area contributed by atoms with Crippen LogP contribution in [0.15, 0.2) is 24.3 Å². The van der Waals surface area contributed by atoms with E-state index in [4.69, 9.17) is 5.11 Å². The maximum atomic E-state index is 10.8. The summed E-state index contributed by atoms with van der Waals surface area (Å²) < 4.78 is 0. The summed E-state index contributed by atoms with van der Waals surface area (Å²) in [6, 6.07) is 8.65. The van der Waals surface area contributed by atoms with Crippen molar-refractivity contribution in [3.8, 4) is 0 Å². The lowest BCUT2D eigenvalue weighted by Crippen LogP contribution is -2.32. The van der Waals surface area contributed by atoms with Gasteiger partial charge in [0.1, 0.15) is 0 Å². The number of carboxylic acid groups (broad SMARTS) is 1. The van der Waals surface area contributed by atoms with E-state index in [1.165, 1.54) is 11.1 Å². The predicted molar refractivity (Wildman–Crippen MR) is 73.7 cm³/mol. The molecule has 0 spiro atoms. The van der Waals surface area contributed by atoms with Gasteiger partial charge in [0.2, 0.25) is 0 Å². The predicted octanol–water partition coefficient (Wildman–Crippen LogP) is 3.11. The van der Waals surface area contributed by atoms with Gasteiger partial charge in [0.25, 0.3) is 0 Å². The molecule has 18 heavy (non-hydrogen) atoms. The highest BCUT2D eigenvalue weighted by Gasteiger charge is 2.16. The van der Waals surface area contributed by atoms with Crippen molar-refractivity contribution in [1.29, 1.82) is 0 Å². The highest BCUT2D eigenvalue weighted by molar-refractivity contribution is 5.69. The number of aryl methyl sites for hydroxylation is 1. The van der Waals surface area contributed by atoms with E-state index in [9.17, 15) is 4.79 Å². The molecule has 100 valence electrons. The van der Waals surface area contributed by atoms with Gasteiger partial charge < -0.3 is 5.11 Å². The Balaban J connectivity index is 2.75. The van der Waals surface area contributed by atoms with Gasteiger partial charge in [0.05, 0.1) is 6.54 Å². The summed E-state index contributed by atoms with van der Waals surface area (Å²) >= 11 is 0. The van der Waals surface area contributed by atoms with Gasteiger partial charge in [-0.1, -0.05) is 44.5 Å². The third-order valence-electron chi connectivity index (χ3n) is 3.29. The van der Waals surface area contributed by atoms with Gasteiger partial charge in [0.15, 0.2) is 0 Å². The Morgan fingerprint density at radius 2 is 1.89 bits per heavy atom. The minimum absolute atomic E-state index is 0.0916. The van der Waals surface area contributed by atoms with E-state index >= 15 is 0 Å². The topological polar surface area (TPSA) is 40.5 Å². The number of aliphatic carboxylic acids is 1. The molecule has 3 nitrogen and oxygen atoms in total. The van der Waals surface area contributed by atoms with Crippen LogP contribution in [0.5, 0.6) is 0 Å². The van der Waals surface area contributed by atoms with Crippen molar-refractivity contribution in [2.24, 2.45) is 0 Å². The van der Waals surface area contributed by atoms with Crippen LogP contribution in [0.3, 0.4) is 0 Å². The van der Waals surface area contributed by atoms with Crippen molar-refractivity contribution >= 4 is 5.97 Å². The first-order valence-electron chi connectivity index (χ1n) is 6.63. The van der Waals surface area contributed by atoms with Crippen LogP contribution in [-0.2, 0) is 11.2 Å². The average Bonchev–Trinajstić information content (AvgIpc) is 2.36. The van der Waals surface area contributed by atoms with E-state index in [2.05, 4.69) is 38.1 Å². The van der Waals surface area contributed by atoms with E-state index < -0.39 is 5.97 Å². The fourth-order valence-electron chi connectivity index (χ4n) is 2.16. The van der Waals surface area contributed by atoms with Gasteiger partial charge >= 0.3 is 5.97 Å². The van der Waals surface area contributed by atoms with Gasteiger partial charge in [-0.3, -0.25) is 9.69 Å². The summed E-state index contributed by atoms with van der Waals surface area (Å²) in [5.41, 5.74) is 2.52. The Hall–Kier alpha value is -1.35. The lowest BCUT2D eigenvalue weighted by molar-refractivity contribution is -0.138. The normalized spacial score (nSPS) is 12.7. The summed E-state index contributed by atoms with van der Waals surface area (Å²) in [7, 11) is 0. The Morgan fingerprint density at radius 1 is 1.28 bits per heavy atom. The summed E-state index contributed by atoms with van der Waals surface area (Å²) in [4.78, 5) is 12.8. The number of carboxylic acids is 1. The molecule has 0 radical (unpaired) electrons. The van der Waals surface area contributed by atoms with Crippen LogP contribution in [0.2, 0.25) is 0 Å². The second kappa shape index (κ2) is 7.17. The van der Waals surface area contributed by atoms with E-state index in [1.54, 1.807) is 0 Å². The van der Waals surface area contributed by atoms with Crippen molar-refractivity contribution < 1.29 is 9.90 Å². The molecule has 0 aliphatic heterocycles. The highest BCUT2D eigenvalue weighted by Crippen LogP contribution is 2.20. The molecule has 0 amide bonds. The van der Waals surface area contributed by atoms with Gasteiger partial charge in [-0.2, -0.15) is 0 Å². The summed E-state index contributed by atoms with van der Waals surface area (Å²) in [5, 5.41) is 8.88. The Labute approximate surface area is 109 Å². The number of nitrogens with zero attached hydrogens (tertiary/aromatic N) is 1. The van der Waals surface area contributed by atoms with E-state index in [1.807, 2.05) is 11.8 Å². The second-order valence-electron chi connectivity index (χ2n) is 4.62. The first-order valence-corrected chi connectivity index (χ1v) is 6.63. The first kappa shape index (κ1) is 14.7. The SMILES string of the molecule is CCCc1ccc(C(C)N(CC)CC(=O)O)cc1. The quantitative estimate of drug-likeness (QED) is 0.807. The van der Waals surface area contributed by atoms with Crippen molar-refractivity contribution in [1.82, 2.24) is 4.90 Å².